The third kappa shape index (κ3) is 4.25. The van der Waals surface area contributed by atoms with Crippen LogP contribution in [-0.2, 0) is 19.4 Å². The fourth-order valence-electron chi connectivity index (χ4n) is 2.85. The molecule has 126 valence electrons. The first-order chi connectivity index (χ1) is 11.7. The lowest BCUT2D eigenvalue weighted by atomic mass is 10.1. The Morgan fingerprint density at radius 3 is 2.79 bits per heavy atom. The van der Waals surface area contributed by atoms with Crippen molar-refractivity contribution in [2.75, 3.05) is 13.2 Å². The molecule has 5 heteroatoms. The van der Waals surface area contributed by atoms with Crippen LogP contribution in [0.3, 0.4) is 0 Å². The Morgan fingerprint density at radius 2 is 1.92 bits per heavy atom. The Bertz CT molecular complexity index is 718. The molecular weight excluding hydrogens is 307 g/mol. The van der Waals surface area contributed by atoms with Gasteiger partial charge in [0, 0.05) is 12.1 Å². The summed E-state index contributed by atoms with van der Waals surface area (Å²) in [6.07, 6.45) is 3.48. The minimum atomic E-state index is -0.337. The van der Waals surface area contributed by atoms with Crippen LogP contribution in [0.5, 0.6) is 5.75 Å². The fourth-order valence-corrected chi connectivity index (χ4v) is 2.85. The van der Waals surface area contributed by atoms with Crippen molar-refractivity contribution in [3.63, 3.8) is 0 Å². The van der Waals surface area contributed by atoms with Gasteiger partial charge in [0.25, 0.3) is 0 Å². The number of urea groups is 1. The minimum absolute atomic E-state index is 0.157. The van der Waals surface area contributed by atoms with Gasteiger partial charge in [-0.05, 0) is 48.6 Å². The van der Waals surface area contributed by atoms with Crippen LogP contribution in [0.25, 0.3) is 0 Å². The number of hydrogen-bond donors (Lipinski definition) is 2. The molecule has 0 aliphatic heterocycles. The summed E-state index contributed by atoms with van der Waals surface area (Å²) < 4.78 is 19.1. The van der Waals surface area contributed by atoms with Crippen molar-refractivity contribution in [3.05, 3.63) is 65.0 Å². The molecule has 2 aromatic carbocycles. The van der Waals surface area contributed by atoms with Crippen LogP contribution in [0.2, 0.25) is 0 Å². The summed E-state index contributed by atoms with van der Waals surface area (Å²) in [7, 11) is 0. The van der Waals surface area contributed by atoms with Gasteiger partial charge in [0.1, 0.15) is 18.2 Å². The molecule has 0 saturated carbocycles. The molecule has 4 nitrogen and oxygen atoms in total. The van der Waals surface area contributed by atoms with Gasteiger partial charge < -0.3 is 15.4 Å². The van der Waals surface area contributed by atoms with Gasteiger partial charge in [0.05, 0.1) is 6.54 Å². The van der Waals surface area contributed by atoms with E-state index < -0.39 is 0 Å². The van der Waals surface area contributed by atoms with Crippen LogP contribution < -0.4 is 15.4 Å². The van der Waals surface area contributed by atoms with E-state index in [1.165, 1.54) is 23.6 Å². The highest BCUT2D eigenvalue weighted by atomic mass is 19.1. The largest absolute Gasteiger partial charge is 0.492 e. The third-order valence-electron chi connectivity index (χ3n) is 4.12. The van der Waals surface area contributed by atoms with Gasteiger partial charge in [-0.25, -0.2) is 9.18 Å². The Labute approximate surface area is 141 Å². The van der Waals surface area contributed by atoms with Gasteiger partial charge in [0.2, 0.25) is 0 Å². The molecule has 2 N–H and O–H groups in total. The van der Waals surface area contributed by atoms with Crippen LogP contribution in [0.15, 0.2) is 42.5 Å². The van der Waals surface area contributed by atoms with Crippen LogP contribution >= 0.6 is 0 Å². The maximum absolute atomic E-state index is 13.4. The first-order valence-electron chi connectivity index (χ1n) is 8.22. The van der Waals surface area contributed by atoms with E-state index in [9.17, 15) is 9.18 Å². The van der Waals surface area contributed by atoms with E-state index in [2.05, 4.69) is 22.8 Å². The van der Waals surface area contributed by atoms with E-state index in [0.29, 0.717) is 18.7 Å². The first-order valence-corrected chi connectivity index (χ1v) is 8.22. The van der Waals surface area contributed by atoms with E-state index in [-0.39, 0.29) is 18.4 Å². The molecule has 2 aromatic rings. The van der Waals surface area contributed by atoms with Gasteiger partial charge in [0.15, 0.2) is 0 Å². The number of rotatable bonds is 6. The van der Waals surface area contributed by atoms with Gasteiger partial charge in [-0.3, -0.25) is 0 Å². The maximum Gasteiger partial charge on any atom is 0.315 e. The Kier molecular flexibility index (Phi) is 5.31. The second-order valence-electron chi connectivity index (χ2n) is 5.83. The highest BCUT2D eigenvalue weighted by molar-refractivity contribution is 5.73. The van der Waals surface area contributed by atoms with Gasteiger partial charge in [-0.2, -0.15) is 0 Å². The Hall–Kier alpha value is -2.56. The molecule has 0 spiro atoms. The lowest BCUT2D eigenvalue weighted by Crippen LogP contribution is -2.37. The number of aryl methyl sites for hydroxylation is 2. The fraction of sp³-hybridized carbons (Fsp3) is 0.316. The first kappa shape index (κ1) is 16.3. The quantitative estimate of drug-likeness (QED) is 0.800. The van der Waals surface area contributed by atoms with E-state index >= 15 is 0 Å². The number of nitrogens with one attached hydrogen (secondary N) is 2. The third-order valence-corrected chi connectivity index (χ3v) is 4.12. The molecule has 1 aliphatic carbocycles. The number of hydrogen-bond acceptors (Lipinski definition) is 2. The summed E-state index contributed by atoms with van der Waals surface area (Å²) >= 11 is 0. The van der Waals surface area contributed by atoms with Gasteiger partial charge >= 0.3 is 6.03 Å². The highest BCUT2D eigenvalue weighted by Crippen LogP contribution is 2.25. The summed E-state index contributed by atoms with van der Waals surface area (Å²) in [5.74, 6) is 0.516. The standard InChI is InChI=1S/C19H21FN2O2/c20-18-7-2-1-4-16(18)13-22-19(23)21-10-11-24-17-9-8-14-5-3-6-15(14)12-17/h1-2,4,7-9,12H,3,5-6,10-11,13H2,(H2,21,22,23). The topological polar surface area (TPSA) is 50.4 Å². The maximum atomic E-state index is 13.4. The molecule has 0 radical (unpaired) electrons. The van der Waals surface area contributed by atoms with Gasteiger partial charge in [-0.1, -0.05) is 24.3 Å². The molecule has 0 bridgehead atoms. The molecule has 0 atom stereocenters. The number of benzene rings is 2. The average molecular weight is 328 g/mol. The van der Waals surface area contributed by atoms with Crippen molar-refractivity contribution < 1.29 is 13.9 Å². The van der Waals surface area contributed by atoms with Crippen LogP contribution in [0.1, 0.15) is 23.1 Å². The predicted molar refractivity (Wildman–Crippen MR) is 90.6 cm³/mol. The van der Waals surface area contributed by atoms with E-state index in [4.69, 9.17) is 4.74 Å². The number of ether oxygens (including phenoxy) is 1. The summed E-state index contributed by atoms with van der Waals surface area (Å²) in [4.78, 5) is 11.7. The second-order valence-corrected chi connectivity index (χ2v) is 5.83. The second kappa shape index (κ2) is 7.81. The van der Waals surface area contributed by atoms with Crippen molar-refractivity contribution in [2.45, 2.75) is 25.8 Å². The molecule has 0 unspecified atom stereocenters. The number of carbonyl (C=O) groups excluding carboxylic acids is 1. The van der Waals surface area contributed by atoms with E-state index in [1.807, 2.05) is 6.07 Å². The van der Waals surface area contributed by atoms with E-state index in [0.717, 1.165) is 18.6 Å². The minimum Gasteiger partial charge on any atom is -0.492 e. The monoisotopic (exact) mass is 328 g/mol. The number of fused-ring (bicyclic) bond motifs is 1. The van der Waals surface area contributed by atoms with Crippen molar-refractivity contribution >= 4 is 6.03 Å². The normalized spacial score (nSPS) is 12.5. The van der Waals surface area contributed by atoms with Gasteiger partial charge in [-0.15, -0.1) is 0 Å². The number of carbonyl (C=O) groups is 1. The molecule has 0 aromatic heterocycles. The predicted octanol–water partition coefficient (Wildman–Crippen LogP) is 3.19. The summed E-state index contributed by atoms with van der Waals surface area (Å²) in [5.41, 5.74) is 3.23. The molecule has 3 rings (SSSR count). The smallest absolute Gasteiger partial charge is 0.315 e. The molecular formula is C19H21FN2O2. The molecule has 1 aliphatic rings. The van der Waals surface area contributed by atoms with Crippen molar-refractivity contribution in [1.29, 1.82) is 0 Å². The van der Waals surface area contributed by atoms with Crippen LogP contribution in [-0.4, -0.2) is 19.2 Å². The zero-order valence-electron chi connectivity index (χ0n) is 13.5. The molecule has 24 heavy (non-hydrogen) atoms. The Balaban J connectivity index is 1.36. The zero-order valence-corrected chi connectivity index (χ0v) is 13.5. The summed E-state index contributed by atoms with van der Waals surface area (Å²) in [6, 6.07) is 12.2. The Morgan fingerprint density at radius 1 is 1.08 bits per heavy atom. The van der Waals surface area contributed by atoms with E-state index in [1.54, 1.807) is 18.2 Å². The lowest BCUT2D eigenvalue weighted by molar-refractivity contribution is 0.236. The number of amides is 2. The van der Waals surface area contributed by atoms with Crippen molar-refractivity contribution in [1.82, 2.24) is 10.6 Å². The average Bonchev–Trinajstić information content (AvgIpc) is 3.06. The summed E-state index contributed by atoms with van der Waals surface area (Å²) in [6.45, 7) is 0.941. The highest BCUT2D eigenvalue weighted by Gasteiger charge is 2.11. The molecule has 0 fully saturated rings. The number of halogens is 1. The molecule has 0 heterocycles. The SMILES string of the molecule is O=C(NCCOc1ccc2c(c1)CCC2)NCc1ccccc1F. The molecule has 0 saturated heterocycles. The summed E-state index contributed by atoms with van der Waals surface area (Å²) in [5, 5.41) is 5.32. The van der Waals surface area contributed by atoms with Crippen LogP contribution in [0, 0.1) is 5.82 Å². The zero-order chi connectivity index (χ0) is 16.8. The molecule has 2 amide bonds. The lowest BCUT2D eigenvalue weighted by Gasteiger charge is -2.10. The van der Waals surface area contributed by atoms with Crippen molar-refractivity contribution in [3.8, 4) is 5.75 Å². The van der Waals surface area contributed by atoms with Crippen molar-refractivity contribution in [2.24, 2.45) is 0 Å². The van der Waals surface area contributed by atoms with Crippen LogP contribution in [0.4, 0.5) is 9.18 Å².